The minimum Gasteiger partial charge on any atom is -0.313 e. The normalized spacial score (nSPS) is 12.3. The molecule has 0 aromatic carbocycles. The van der Waals surface area contributed by atoms with Crippen molar-refractivity contribution < 1.29 is 8.42 Å². The zero-order chi connectivity index (χ0) is 13.1. The second kappa shape index (κ2) is 5.61. The molecular formula is C10H20N4O2S. The monoisotopic (exact) mass is 260 g/mol. The molecule has 17 heavy (non-hydrogen) atoms. The van der Waals surface area contributed by atoms with Crippen LogP contribution < -0.4 is 5.32 Å². The van der Waals surface area contributed by atoms with Crippen LogP contribution in [-0.4, -0.2) is 43.1 Å². The van der Waals surface area contributed by atoms with Crippen LogP contribution in [0.5, 0.6) is 0 Å². The molecule has 0 fully saturated rings. The van der Waals surface area contributed by atoms with Gasteiger partial charge in [0.2, 0.25) is 0 Å². The Morgan fingerprint density at radius 1 is 1.41 bits per heavy atom. The molecule has 0 saturated heterocycles. The largest absolute Gasteiger partial charge is 0.313 e. The molecule has 0 aliphatic rings. The lowest BCUT2D eigenvalue weighted by Gasteiger charge is -2.14. The molecule has 1 rings (SSSR count). The first-order valence-electron chi connectivity index (χ1n) is 5.66. The van der Waals surface area contributed by atoms with Crippen molar-refractivity contribution in [2.45, 2.75) is 32.3 Å². The van der Waals surface area contributed by atoms with Gasteiger partial charge in [0.25, 0.3) is 10.0 Å². The van der Waals surface area contributed by atoms with E-state index in [1.54, 1.807) is 14.0 Å². The van der Waals surface area contributed by atoms with Crippen LogP contribution in [-0.2, 0) is 16.6 Å². The molecule has 7 heteroatoms. The van der Waals surface area contributed by atoms with Gasteiger partial charge < -0.3 is 5.32 Å². The number of nitrogens with zero attached hydrogens (tertiary/aromatic N) is 2. The average molecular weight is 260 g/mol. The van der Waals surface area contributed by atoms with Gasteiger partial charge in [0.15, 0.2) is 5.03 Å². The zero-order valence-electron chi connectivity index (χ0n) is 10.7. The number of sulfonamides is 1. The van der Waals surface area contributed by atoms with Crippen molar-refractivity contribution in [1.82, 2.24) is 19.8 Å². The molecule has 1 heterocycles. The molecule has 0 atom stereocenters. The fourth-order valence-electron chi connectivity index (χ4n) is 1.42. The van der Waals surface area contributed by atoms with Crippen LogP contribution in [0.25, 0.3) is 0 Å². The maximum absolute atomic E-state index is 12.2. The third-order valence-corrected chi connectivity index (χ3v) is 4.59. The Bertz CT molecular complexity index is 467. The van der Waals surface area contributed by atoms with Crippen molar-refractivity contribution >= 4 is 10.0 Å². The van der Waals surface area contributed by atoms with Crippen molar-refractivity contribution in [3.8, 4) is 0 Å². The Balaban J connectivity index is 3.14. The van der Waals surface area contributed by atoms with Crippen molar-refractivity contribution in [2.75, 3.05) is 20.1 Å². The fraction of sp³-hybridized carbons (Fsp3) is 0.700. The summed E-state index contributed by atoms with van der Waals surface area (Å²) >= 11 is 0. The molecule has 0 saturated carbocycles. The molecule has 0 radical (unpaired) electrons. The molecule has 0 amide bonds. The maximum Gasteiger partial charge on any atom is 0.262 e. The van der Waals surface area contributed by atoms with Gasteiger partial charge in [-0.1, -0.05) is 13.8 Å². The van der Waals surface area contributed by atoms with Gasteiger partial charge >= 0.3 is 0 Å². The van der Waals surface area contributed by atoms with E-state index in [1.807, 2.05) is 13.8 Å². The summed E-state index contributed by atoms with van der Waals surface area (Å²) < 4.78 is 25.6. The predicted molar refractivity (Wildman–Crippen MR) is 66.2 cm³/mol. The quantitative estimate of drug-likeness (QED) is 0.779. The first-order valence-corrected chi connectivity index (χ1v) is 7.10. The molecule has 0 aliphatic heterocycles. The summed E-state index contributed by atoms with van der Waals surface area (Å²) in [6.45, 7) is 7.31. The second-order valence-corrected chi connectivity index (χ2v) is 5.79. The lowest BCUT2D eigenvalue weighted by molar-refractivity contribution is 0.481. The summed E-state index contributed by atoms with van der Waals surface area (Å²) in [6.07, 6.45) is 0. The van der Waals surface area contributed by atoms with Crippen molar-refractivity contribution in [3.05, 3.63) is 11.3 Å². The molecule has 98 valence electrons. The summed E-state index contributed by atoms with van der Waals surface area (Å²) in [7, 11) is -1.93. The Morgan fingerprint density at radius 2 is 2.06 bits per heavy atom. The lowest BCUT2D eigenvalue weighted by Crippen LogP contribution is -2.28. The smallest absolute Gasteiger partial charge is 0.262 e. The predicted octanol–water partition coefficient (Wildman–Crippen LogP) is 0.468. The molecule has 1 aromatic heterocycles. The van der Waals surface area contributed by atoms with Gasteiger partial charge in [-0.15, -0.1) is 0 Å². The van der Waals surface area contributed by atoms with E-state index in [0.29, 0.717) is 18.7 Å². The standard InChI is InChI=1S/C10H20N4O2S/c1-5-11-7-9-8(3)12-13-10(9)17(15,16)14(4)6-2/h11H,5-7H2,1-4H3,(H,12,13). The van der Waals surface area contributed by atoms with E-state index in [-0.39, 0.29) is 5.03 Å². The SMILES string of the molecule is CCNCc1c(S(=O)(=O)N(C)CC)n[nH]c1C. The Kier molecular flexibility index (Phi) is 4.67. The zero-order valence-corrected chi connectivity index (χ0v) is 11.6. The van der Waals surface area contributed by atoms with E-state index < -0.39 is 10.0 Å². The highest BCUT2D eigenvalue weighted by molar-refractivity contribution is 7.89. The summed E-state index contributed by atoms with van der Waals surface area (Å²) in [5.74, 6) is 0. The fourth-order valence-corrected chi connectivity index (χ4v) is 2.75. The van der Waals surface area contributed by atoms with E-state index in [2.05, 4.69) is 15.5 Å². The number of hydrogen-bond acceptors (Lipinski definition) is 4. The minimum atomic E-state index is -3.48. The Morgan fingerprint density at radius 3 is 2.59 bits per heavy atom. The number of hydrogen-bond donors (Lipinski definition) is 2. The third-order valence-electron chi connectivity index (χ3n) is 2.69. The molecule has 0 aliphatic carbocycles. The minimum absolute atomic E-state index is 0.125. The van der Waals surface area contributed by atoms with Gasteiger partial charge in [0.1, 0.15) is 0 Å². The number of aromatic amines is 1. The van der Waals surface area contributed by atoms with Gasteiger partial charge in [-0.05, 0) is 13.5 Å². The van der Waals surface area contributed by atoms with Crippen LogP contribution in [0.2, 0.25) is 0 Å². The highest BCUT2D eigenvalue weighted by Gasteiger charge is 2.26. The van der Waals surface area contributed by atoms with Crippen LogP contribution in [0.15, 0.2) is 5.03 Å². The van der Waals surface area contributed by atoms with Crippen LogP contribution in [0.1, 0.15) is 25.1 Å². The van der Waals surface area contributed by atoms with Crippen LogP contribution in [0, 0.1) is 6.92 Å². The number of aromatic nitrogens is 2. The average Bonchev–Trinajstić information content (AvgIpc) is 2.67. The van der Waals surface area contributed by atoms with Crippen LogP contribution >= 0.6 is 0 Å². The maximum atomic E-state index is 12.2. The highest BCUT2D eigenvalue weighted by Crippen LogP contribution is 2.19. The van der Waals surface area contributed by atoms with E-state index in [4.69, 9.17) is 0 Å². The summed E-state index contributed by atoms with van der Waals surface area (Å²) in [4.78, 5) is 0. The van der Waals surface area contributed by atoms with Crippen molar-refractivity contribution in [2.24, 2.45) is 0 Å². The Hall–Kier alpha value is -0.920. The number of aryl methyl sites for hydroxylation is 1. The lowest BCUT2D eigenvalue weighted by atomic mass is 10.2. The molecular weight excluding hydrogens is 240 g/mol. The van der Waals surface area contributed by atoms with E-state index in [0.717, 1.165) is 12.2 Å². The Labute approximate surface area is 102 Å². The second-order valence-electron chi connectivity index (χ2n) is 3.83. The number of nitrogens with one attached hydrogen (secondary N) is 2. The molecule has 0 unspecified atom stereocenters. The van der Waals surface area contributed by atoms with E-state index >= 15 is 0 Å². The number of rotatable bonds is 6. The van der Waals surface area contributed by atoms with Crippen LogP contribution in [0.3, 0.4) is 0 Å². The third kappa shape index (κ3) is 2.85. The van der Waals surface area contributed by atoms with E-state index in [1.165, 1.54) is 4.31 Å². The van der Waals surface area contributed by atoms with Gasteiger partial charge in [-0.25, -0.2) is 8.42 Å². The molecule has 0 spiro atoms. The molecule has 2 N–H and O–H groups in total. The van der Waals surface area contributed by atoms with Gasteiger partial charge in [-0.3, -0.25) is 5.10 Å². The van der Waals surface area contributed by atoms with Crippen molar-refractivity contribution in [1.29, 1.82) is 0 Å². The summed E-state index contributed by atoms with van der Waals surface area (Å²) in [5, 5.41) is 9.89. The highest BCUT2D eigenvalue weighted by atomic mass is 32.2. The van der Waals surface area contributed by atoms with Gasteiger partial charge in [0.05, 0.1) is 0 Å². The first kappa shape index (κ1) is 14.1. The van der Waals surface area contributed by atoms with Gasteiger partial charge in [0, 0.05) is 31.4 Å². The van der Waals surface area contributed by atoms with Gasteiger partial charge in [-0.2, -0.15) is 9.40 Å². The molecule has 0 bridgehead atoms. The van der Waals surface area contributed by atoms with Crippen LogP contribution in [0.4, 0.5) is 0 Å². The molecule has 1 aromatic rings. The summed E-state index contributed by atoms with van der Waals surface area (Å²) in [6, 6.07) is 0. The topological polar surface area (TPSA) is 78.1 Å². The number of H-pyrrole nitrogens is 1. The van der Waals surface area contributed by atoms with E-state index in [9.17, 15) is 8.42 Å². The summed E-state index contributed by atoms with van der Waals surface area (Å²) in [5.41, 5.74) is 1.50. The molecule has 6 nitrogen and oxygen atoms in total. The van der Waals surface area contributed by atoms with Crippen molar-refractivity contribution in [3.63, 3.8) is 0 Å². The first-order chi connectivity index (χ1) is 7.95.